The van der Waals surface area contributed by atoms with Gasteiger partial charge in [0.2, 0.25) is 5.88 Å². The molecule has 1 aromatic heterocycles. The lowest BCUT2D eigenvalue weighted by Crippen LogP contribution is -2.17. The fourth-order valence-electron chi connectivity index (χ4n) is 2.76. The van der Waals surface area contributed by atoms with E-state index in [0.717, 1.165) is 25.7 Å². The molecule has 3 N–H and O–H groups in total. The first-order valence-corrected chi connectivity index (χ1v) is 7.66. The lowest BCUT2D eigenvalue weighted by Gasteiger charge is -2.15. The second-order valence-electron chi connectivity index (χ2n) is 5.63. The number of nitriles is 1. The Bertz CT molecular complexity index is 823. The predicted octanol–water partition coefficient (Wildman–Crippen LogP) is 2.62. The first-order chi connectivity index (χ1) is 11.6. The van der Waals surface area contributed by atoms with Crippen LogP contribution in [0.3, 0.4) is 0 Å². The third kappa shape index (κ3) is 3.13. The fraction of sp³-hybridized carbons (Fsp3) is 0.294. The van der Waals surface area contributed by atoms with Gasteiger partial charge in [0.15, 0.2) is 11.4 Å². The number of carbonyl (C=O) groups is 1. The lowest BCUT2D eigenvalue weighted by molar-refractivity contribution is 0.0688. The van der Waals surface area contributed by atoms with E-state index in [1.807, 2.05) is 6.07 Å². The Balaban J connectivity index is 2.06. The molecular weight excluding hydrogens is 308 g/mol. The minimum atomic E-state index is -1.22. The van der Waals surface area contributed by atoms with E-state index in [4.69, 9.17) is 15.7 Å². The molecule has 7 nitrogen and oxygen atoms in total. The average Bonchev–Trinajstić information content (AvgIpc) is 3.07. The number of benzene rings is 1. The maximum Gasteiger partial charge on any atom is 0.345 e. The van der Waals surface area contributed by atoms with Gasteiger partial charge in [0.25, 0.3) is 0 Å². The second kappa shape index (κ2) is 6.54. The summed E-state index contributed by atoms with van der Waals surface area (Å²) in [6, 6.07) is 8.76. The number of aromatic carboxylic acids is 1. The molecule has 1 heterocycles. The Labute approximate surface area is 138 Å². The molecule has 0 saturated heterocycles. The Morgan fingerprint density at radius 1 is 1.33 bits per heavy atom. The molecule has 0 aliphatic heterocycles. The molecule has 7 heteroatoms. The van der Waals surface area contributed by atoms with E-state index < -0.39 is 5.97 Å². The number of nitrogen functional groups attached to an aromatic ring is 1. The van der Waals surface area contributed by atoms with Crippen LogP contribution in [0.4, 0.5) is 5.82 Å². The van der Waals surface area contributed by atoms with Gasteiger partial charge in [-0.25, -0.2) is 9.78 Å². The maximum absolute atomic E-state index is 11.5. The Kier molecular flexibility index (Phi) is 4.29. The molecule has 1 aliphatic carbocycles. The van der Waals surface area contributed by atoms with Gasteiger partial charge in [0, 0.05) is 5.56 Å². The van der Waals surface area contributed by atoms with Gasteiger partial charge >= 0.3 is 5.97 Å². The largest absolute Gasteiger partial charge is 0.477 e. The standard InChI is InChI=1S/C17H16N4O3/c18-9-10-4-3-5-11(8-10)15-20-14(19)13(17(22)23)16(21-15)24-12-6-1-2-7-12/h3-5,8,12H,1-2,6-7H2,(H,22,23)(H2,19,20,21). The molecule has 122 valence electrons. The van der Waals surface area contributed by atoms with Crippen LogP contribution in [-0.4, -0.2) is 27.1 Å². The number of hydrogen-bond acceptors (Lipinski definition) is 6. The van der Waals surface area contributed by atoms with Crippen LogP contribution in [0.15, 0.2) is 24.3 Å². The fourth-order valence-corrected chi connectivity index (χ4v) is 2.76. The Morgan fingerprint density at radius 2 is 2.08 bits per heavy atom. The van der Waals surface area contributed by atoms with Crippen molar-refractivity contribution in [2.24, 2.45) is 0 Å². The quantitative estimate of drug-likeness (QED) is 0.886. The SMILES string of the molecule is N#Cc1cccc(-c2nc(N)c(C(=O)O)c(OC3CCCC3)n2)c1. The molecule has 0 atom stereocenters. The highest BCUT2D eigenvalue weighted by Gasteiger charge is 2.25. The van der Waals surface area contributed by atoms with Crippen molar-refractivity contribution in [2.45, 2.75) is 31.8 Å². The molecule has 0 spiro atoms. The molecule has 1 saturated carbocycles. The summed E-state index contributed by atoms with van der Waals surface area (Å²) in [5, 5.41) is 18.4. The van der Waals surface area contributed by atoms with E-state index in [1.165, 1.54) is 0 Å². The van der Waals surface area contributed by atoms with Gasteiger partial charge in [-0.3, -0.25) is 0 Å². The molecule has 0 bridgehead atoms. The normalized spacial score (nSPS) is 14.3. The summed E-state index contributed by atoms with van der Waals surface area (Å²) in [7, 11) is 0. The minimum absolute atomic E-state index is 0.0146. The first-order valence-electron chi connectivity index (χ1n) is 7.66. The minimum Gasteiger partial charge on any atom is -0.477 e. The first kappa shape index (κ1) is 15.7. The summed E-state index contributed by atoms with van der Waals surface area (Å²) < 4.78 is 5.79. The van der Waals surface area contributed by atoms with Crippen molar-refractivity contribution < 1.29 is 14.6 Å². The number of anilines is 1. The van der Waals surface area contributed by atoms with Crippen LogP contribution in [0.5, 0.6) is 5.88 Å². The molecule has 3 rings (SSSR count). The van der Waals surface area contributed by atoms with Gasteiger partial charge in [-0.1, -0.05) is 12.1 Å². The number of carboxylic acid groups (broad SMARTS) is 1. The van der Waals surface area contributed by atoms with Crippen molar-refractivity contribution in [3.05, 3.63) is 35.4 Å². The number of carboxylic acids is 1. The van der Waals surface area contributed by atoms with Crippen LogP contribution in [-0.2, 0) is 0 Å². The third-order valence-corrected chi connectivity index (χ3v) is 3.95. The van der Waals surface area contributed by atoms with Gasteiger partial charge in [-0.05, 0) is 37.8 Å². The summed E-state index contributed by atoms with van der Waals surface area (Å²) in [6.45, 7) is 0. The van der Waals surface area contributed by atoms with E-state index in [2.05, 4.69) is 9.97 Å². The summed E-state index contributed by atoms with van der Waals surface area (Å²) in [5.41, 5.74) is 6.64. The zero-order valence-electron chi connectivity index (χ0n) is 12.9. The molecule has 2 aromatic rings. The monoisotopic (exact) mass is 324 g/mol. The third-order valence-electron chi connectivity index (χ3n) is 3.95. The molecule has 1 aliphatic rings. The van der Waals surface area contributed by atoms with E-state index >= 15 is 0 Å². The smallest absolute Gasteiger partial charge is 0.345 e. The highest BCUT2D eigenvalue weighted by Crippen LogP contribution is 2.30. The van der Waals surface area contributed by atoms with Crippen LogP contribution in [0.2, 0.25) is 0 Å². The molecular formula is C17H16N4O3. The molecule has 0 amide bonds. The number of rotatable bonds is 4. The van der Waals surface area contributed by atoms with Crippen LogP contribution in [0.25, 0.3) is 11.4 Å². The van der Waals surface area contributed by atoms with Crippen molar-refractivity contribution in [3.63, 3.8) is 0 Å². The van der Waals surface area contributed by atoms with Crippen LogP contribution in [0, 0.1) is 11.3 Å². The summed E-state index contributed by atoms with van der Waals surface area (Å²) >= 11 is 0. The molecule has 1 aromatic carbocycles. The highest BCUT2D eigenvalue weighted by molar-refractivity contribution is 5.95. The topological polar surface area (TPSA) is 122 Å². The van der Waals surface area contributed by atoms with E-state index in [9.17, 15) is 9.90 Å². The number of ether oxygens (including phenoxy) is 1. The van der Waals surface area contributed by atoms with Crippen LogP contribution < -0.4 is 10.5 Å². The van der Waals surface area contributed by atoms with E-state index in [0.29, 0.717) is 11.1 Å². The zero-order valence-corrected chi connectivity index (χ0v) is 12.9. The van der Waals surface area contributed by atoms with Crippen molar-refractivity contribution >= 4 is 11.8 Å². The second-order valence-corrected chi connectivity index (χ2v) is 5.63. The molecule has 24 heavy (non-hydrogen) atoms. The highest BCUT2D eigenvalue weighted by atomic mass is 16.5. The van der Waals surface area contributed by atoms with Gasteiger partial charge < -0.3 is 15.6 Å². The number of aromatic nitrogens is 2. The number of nitrogens with two attached hydrogens (primary N) is 1. The van der Waals surface area contributed by atoms with E-state index in [1.54, 1.807) is 24.3 Å². The molecule has 1 fully saturated rings. The molecule has 0 unspecified atom stereocenters. The van der Waals surface area contributed by atoms with Crippen LogP contribution in [0.1, 0.15) is 41.6 Å². The Hall–Kier alpha value is -3.14. The van der Waals surface area contributed by atoms with Crippen molar-refractivity contribution in [1.82, 2.24) is 9.97 Å². The summed E-state index contributed by atoms with van der Waals surface area (Å²) in [4.78, 5) is 19.8. The summed E-state index contributed by atoms with van der Waals surface area (Å²) in [5.74, 6) is -1.15. The van der Waals surface area contributed by atoms with E-state index in [-0.39, 0.29) is 29.2 Å². The predicted molar refractivity (Wildman–Crippen MR) is 86.4 cm³/mol. The maximum atomic E-state index is 11.5. The van der Waals surface area contributed by atoms with Crippen molar-refractivity contribution in [1.29, 1.82) is 5.26 Å². The van der Waals surface area contributed by atoms with Crippen molar-refractivity contribution in [3.8, 4) is 23.3 Å². The number of hydrogen-bond donors (Lipinski definition) is 2. The molecule has 0 radical (unpaired) electrons. The number of nitrogens with zero attached hydrogens (tertiary/aromatic N) is 3. The average molecular weight is 324 g/mol. The van der Waals surface area contributed by atoms with Gasteiger partial charge in [-0.15, -0.1) is 0 Å². The van der Waals surface area contributed by atoms with Crippen LogP contribution >= 0.6 is 0 Å². The van der Waals surface area contributed by atoms with Gasteiger partial charge in [0.05, 0.1) is 11.6 Å². The lowest BCUT2D eigenvalue weighted by atomic mass is 10.1. The van der Waals surface area contributed by atoms with Crippen molar-refractivity contribution in [2.75, 3.05) is 5.73 Å². The van der Waals surface area contributed by atoms with Gasteiger partial charge in [-0.2, -0.15) is 10.2 Å². The van der Waals surface area contributed by atoms with Gasteiger partial charge in [0.1, 0.15) is 11.9 Å². The Morgan fingerprint density at radius 3 is 2.75 bits per heavy atom. The summed E-state index contributed by atoms with van der Waals surface area (Å²) in [6.07, 6.45) is 3.76. The zero-order chi connectivity index (χ0) is 17.1.